The normalized spacial score (nSPS) is 11.3. The van der Waals surface area contributed by atoms with Gasteiger partial charge in [-0.05, 0) is 0 Å². The quantitative estimate of drug-likeness (QED) is 0.307. The molecule has 0 aromatic carbocycles. The van der Waals surface area contributed by atoms with Gasteiger partial charge in [0.05, 0.1) is 28.4 Å². The molecule has 0 amide bonds. The third kappa shape index (κ3) is 3.47. The summed E-state index contributed by atoms with van der Waals surface area (Å²) in [5, 5.41) is 20.1. The smallest absolute Gasteiger partial charge is 0.349 e. The largest absolute Gasteiger partial charge is 0.466 e. The summed E-state index contributed by atoms with van der Waals surface area (Å²) in [7, 11) is 3.36. The van der Waals surface area contributed by atoms with Crippen LogP contribution in [0.5, 0.6) is 0 Å². The van der Waals surface area contributed by atoms with E-state index in [0.717, 1.165) is 28.4 Å². The first-order valence-electron chi connectivity index (χ1n) is 5.42. The predicted octanol–water partition coefficient (Wildman–Crippen LogP) is -2.47. The van der Waals surface area contributed by atoms with Gasteiger partial charge >= 0.3 is 23.9 Å². The van der Waals surface area contributed by atoms with Crippen LogP contribution in [0, 0.1) is 0 Å². The molecule has 0 aliphatic carbocycles. The first-order valence-corrected chi connectivity index (χ1v) is 5.42. The number of hydrogen-bond donors (Lipinski definition) is 2. The Balaban J connectivity index is 5.85. The van der Waals surface area contributed by atoms with Crippen molar-refractivity contribution in [1.29, 1.82) is 0 Å². The molecule has 0 heterocycles. The van der Waals surface area contributed by atoms with Gasteiger partial charge in [0.25, 0.3) is 11.2 Å². The van der Waals surface area contributed by atoms with Crippen LogP contribution in [0.4, 0.5) is 0 Å². The van der Waals surface area contributed by atoms with Crippen LogP contribution in [0.1, 0.15) is 6.42 Å². The Labute approximate surface area is 119 Å². The van der Waals surface area contributed by atoms with E-state index in [-0.39, 0.29) is 0 Å². The van der Waals surface area contributed by atoms with Crippen LogP contribution in [-0.4, -0.2) is 73.7 Å². The van der Waals surface area contributed by atoms with Crippen molar-refractivity contribution in [2.75, 3.05) is 28.4 Å². The van der Waals surface area contributed by atoms with Crippen LogP contribution in [-0.2, 0) is 38.1 Å². The molecule has 0 fully saturated rings. The highest BCUT2D eigenvalue weighted by atomic mass is 16.6. The second-order valence-electron chi connectivity index (χ2n) is 3.86. The predicted molar refractivity (Wildman–Crippen MR) is 62.6 cm³/mol. The van der Waals surface area contributed by atoms with E-state index in [1.54, 1.807) is 0 Å². The molecule has 0 unspecified atom stereocenters. The first kappa shape index (κ1) is 18.8. The fourth-order valence-electron chi connectivity index (χ4n) is 1.50. The van der Waals surface area contributed by atoms with Gasteiger partial charge in [-0.25, -0.2) is 19.2 Å². The summed E-state index contributed by atoms with van der Waals surface area (Å²) < 4.78 is 16.8. The number of hydrogen-bond acceptors (Lipinski definition) is 10. The first-order chi connectivity index (χ1) is 9.63. The van der Waals surface area contributed by atoms with Gasteiger partial charge in [-0.15, -0.1) is 0 Å². The average molecular weight is 308 g/mol. The maximum absolute atomic E-state index is 11.5. The molecule has 0 atom stereocenters. The number of ether oxygens (including phenoxy) is 4. The molecule has 0 aliphatic heterocycles. The van der Waals surface area contributed by atoms with Gasteiger partial charge in [0.1, 0.15) is 0 Å². The highest BCUT2D eigenvalue weighted by Crippen LogP contribution is 2.26. The van der Waals surface area contributed by atoms with Crippen LogP contribution < -0.4 is 0 Å². The lowest BCUT2D eigenvalue weighted by Crippen LogP contribution is -2.59. The van der Waals surface area contributed by atoms with Gasteiger partial charge in [-0.1, -0.05) is 0 Å². The lowest BCUT2D eigenvalue weighted by molar-refractivity contribution is -0.198. The van der Waals surface area contributed by atoms with Gasteiger partial charge in [0, 0.05) is 6.42 Å². The van der Waals surface area contributed by atoms with Crippen LogP contribution in [0.3, 0.4) is 0 Å². The number of aliphatic hydroxyl groups is 2. The van der Waals surface area contributed by atoms with Gasteiger partial charge in [0.2, 0.25) is 0 Å². The average Bonchev–Trinajstić information content (AvgIpc) is 2.50. The van der Waals surface area contributed by atoms with E-state index < -0.39 is 41.5 Å². The highest BCUT2D eigenvalue weighted by molar-refractivity contribution is 6.08. The number of esters is 4. The Morgan fingerprint density at radius 1 is 0.667 bits per heavy atom. The molecule has 0 bridgehead atoms. The Kier molecular flexibility index (Phi) is 6.26. The maximum atomic E-state index is 11.5. The summed E-state index contributed by atoms with van der Waals surface area (Å²) >= 11 is 0. The fraction of sp³-hybridized carbons (Fsp3) is 0.636. The number of rotatable bonds is 6. The SMILES string of the molecule is COC(=O)C(O)(CC(O)(C(=O)OC)C(=O)OC)C(=O)OC. The van der Waals surface area contributed by atoms with Gasteiger partial charge in [-0.3, -0.25) is 0 Å². The molecule has 10 nitrogen and oxygen atoms in total. The Morgan fingerprint density at radius 2 is 0.857 bits per heavy atom. The second-order valence-corrected chi connectivity index (χ2v) is 3.86. The standard InChI is InChI=1S/C11H16O10/c1-18-6(12)10(16,7(13)19-2)5-11(17,8(14)20-3)9(15)21-4/h16-17H,5H2,1-4H3. The molecule has 2 N–H and O–H groups in total. The Hall–Kier alpha value is -2.20. The highest BCUT2D eigenvalue weighted by Gasteiger charge is 2.59. The van der Waals surface area contributed by atoms with Crippen LogP contribution >= 0.6 is 0 Å². The Bertz CT molecular complexity index is 368. The second kappa shape index (κ2) is 6.99. The Morgan fingerprint density at radius 3 is 1.00 bits per heavy atom. The molecule has 0 saturated heterocycles. The molecule has 0 saturated carbocycles. The zero-order valence-electron chi connectivity index (χ0n) is 11.9. The minimum atomic E-state index is -3.11. The molecular formula is C11H16O10. The van der Waals surface area contributed by atoms with E-state index in [1.807, 2.05) is 0 Å². The zero-order valence-corrected chi connectivity index (χ0v) is 11.9. The van der Waals surface area contributed by atoms with Crippen molar-refractivity contribution in [3.05, 3.63) is 0 Å². The number of carbonyl (C=O) groups excluding carboxylic acids is 4. The minimum Gasteiger partial charge on any atom is -0.466 e. The van der Waals surface area contributed by atoms with Crippen LogP contribution in [0.15, 0.2) is 0 Å². The van der Waals surface area contributed by atoms with Gasteiger partial charge in [0.15, 0.2) is 0 Å². The van der Waals surface area contributed by atoms with Crippen molar-refractivity contribution in [1.82, 2.24) is 0 Å². The summed E-state index contributed by atoms with van der Waals surface area (Å²) in [5.74, 6) is -6.16. The topological polar surface area (TPSA) is 146 Å². The van der Waals surface area contributed by atoms with Crippen molar-refractivity contribution in [2.45, 2.75) is 17.6 Å². The van der Waals surface area contributed by atoms with Crippen LogP contribution in [0.2, 0.25) is 0 Å². The van der Waals surface area contributed by atoms with Crippen molar-refractivity contribution in [3.63, 3.8) is 0 Å². The molecule has 21 heavy (non-hydrogen) atoms. The summed E-state index contributed by atoms with van der Waals surface area (Å²) in [5.41, 5.74) is -6.22. The summed E-state index contributed by atoms with van der Waals surface area (Å²) in [4.78, 5) is 46.2. The third-order valence-corrected chi connectivity index (χ3v) is 2.60. The van der Waals surface area contributed by atoms with E-state index in [0.29, 0.717) is 0 Å². The van der Waals surface area contributed by atoms with E-state index in [9.17, 15) is 29.4 Å². The maximum Gasteiger partial charge on any atom is 0.349 e. The molecular weight excluding hydrogens is 292 g/mol. The van der Waals surface area contributed by atoms with E-state index in [1.165, 1.54) is 0 Å². The van der Waals surface area contributed by atoms with Crippen molar-refractivity contribution >= 4 is 23.9 Å². The molecule has 0 rings (SSSR count). The summed E-state index contributed by atoms with van der Waals surface area (Å²) in [6.07, 6.45) is -1.40. The zero-order chi connectivity index (χ0) is 16.8. The molecule has 0 aromatic heterocycles. The van der Waals surface area contributed by atoms with Crippen molar-refractivity contribution in [2.24, 2.45) is 0 Å². The lowest BCUT2D eigenvalue weighted by atomic mass is 9.86. The molecule has 0 spiro atoms. The van der Waals surface area contributed by atoms with Crippen LogP contribution in [0.25, 0.3) is 0 Å². The monoisotopic (exact) mass is 308 g/mol. The van der Waals surface area contributed by atoms with E-state index in [2.05, 4.69) is 18.9 Å². The third-order valence-electron chi connectivity index (χ3n) is 2.60. The van der Waals surface area contributed by atoms with Crippen molar-refractivity contribution < 1.29 is 48.3 Å². The molecule has 0 aliphatic rings. The number of methoxy groups -OCH3 is 4. The minimum absolute atomic E-state index is 0.839. The molecule has 0 aromatic rings. The number of carbonyl (C=O) groups is 4. The molecule has 10 heteroatoms. The van der Waals surface area contributed by atoms with Gasteiger partial charge in [-0.2, -0.15) is 0 Å². The lowest BCUT2D eigenvalue weighted by Gasteiger charge is -2.29. The fourth-order valence-corrected chi connectivity index (χ4v) is 1.50. The van der Waals surface area contributed by atoms with Gasteiger partial charge < -0.3 is 29.2 Å². The van der Waals surface area contributed by atoms with E-state index >= 15 is 0 Å². The molecule has 120 valence electrons. The van der Waals surface area contributed by atoms with E-state index in [4.69, 9.17) is 0 Å². The molecule has 0 radical (unpaired) electrons. The summed E-state index contributed by atoms with van der Waals surface area (Å²) in [6.45, 7) is 0. The summed E-state index contributed by atoms with van der Waals surface area (Å²) in [6, 6.07) is 0. The van der Waals surface area contributed by atoms with Crippen molar-refractivity contribution in [3.8, 4) is 0 Å².